The van der Waals surface area contributed by atoms with Gasteiger partial charge in [0.1, 0.15) is 18.6 Å². The van der Waals surface area contributed by atoms with Crippen molar-refractivity contribution in [3.05, 3.63) is 0 Å². The van der Waals surface area contributed by atoms with E-state index in [2.05, 4.69) is 10.6 Å². The Morgan fingerprint density at radius 2 is 1.62 bits per heavy atom. The summed E-state index contributed by atoms with van der Waals surface area (Å²) in [6.45, 7) is 16.0. The Balaban J connectivity index is 3.30. The zero-order chi connectivity index (χ0) is 32.4. The van der Waals surface area contributed by atoms with Crippen LogP contribution in [0.5, 0.6) is 0 Å². The normalized spacial score (nSPS) is 18.7. The molecule has 0 radical (unpaired) electrons. The first-order valence-electron chi connectivity index (χ1n) is 14.5. The highest BCUT2D eigenvalue weighted by atomic mass is 16.5. The highest BCUT2D eigenvalue weighted by molar-refractivity contribution is 6.38. The van der Waals surface area contributed by atoms with Crippen LogP contribution in [-0.2, 0) is 33.4 Å². The van der Waals surface area contributed by atoms with Crippen molar-refractivity contribution >= 4 is 35.6 Å². The third kappa shape index (κ3) is 12.3. The second-order valence-electron chi connectivity index (χ2n) is 13.2. The average Bonchev–Trinajstić information content (AvgIpc) is 3.27. The van der Waals surface area contributed by atoms with Gasteiger partial charge in [-0.1, -0.05) is 54.4 Å². The van der Waals surface area contributed by atoms with E-state index < -0.39 is 77.4 Å². The molecular formula is C29H50N4O9. The maximum atomic E-state index is 14.0. The molecule has 13 heteroatoms. The quantitative estimate of drug-likeness (QED) is 0.218. The van der Waals surface area contributed by atoms with E-state index in [4.69, 9.17) is 14.6 Å². The van der Waals surface area contributed by atoms with Crippen molar-refractivity contribution in [1.82, 2.24) is 20.9 Å². The lowest BCUT2D eigenvalue weighted by atomic mass is 9.85. The summed E-state index contributed by atoms with van der Waals surface area (Å²) in [5, 5.41) is 16.1. The molecule has 1 saturated heterocycles. The number of likely N-dealkylation sites (tertiary alicyclic amines) is 1. The third-order valence-corrected chi connectivity index (χ3v) is 6.39. The number of unbranched alkanes of at least 4 members (excludes halogenated alkanes) is 1. The molecule has 13 nitrogen and oxygen atoms in total. The van der Waals surface area contributed by atoms with Crippen molar-refractivity contribution in [2.24, 2.45) is 11.3 Å². The largest absolute Gasteiger partial charge is 0.480 e. The summed E-state index contributed by atoms with van der Waals surface area (Å²) in [6, 6.07) is -3.31. The zero-order valence-corrected chi connectivity index (χ0v) is 26.5. The molecule has 4 amide bonds. The van der Waals surface area contributed by atoms with Crippen molar-refractivity contribution in [2.45, 2.75) is 118 Å². The lowest BCUT2D eigenvalue weighted by Crippen LogP contribution is -2.59. The average molecular weight is 599 g/mol. The number of ether oxygens (including phenoxy) is 2. The van der Waals surface area contributed by atoms with E-state index >= 15 is 0 Å². The minimum absolute atomic E-state index is 0.0656. The van der Waals surface area contributed by atoms with E-state index in [9.17, 15) is 28.8 Å². The van der Waals surface area contributed by atoms with Crippen molar-refractivity contribution in [2.75, 3.05) is 19.7 Å². The van der Waals surface area contributed by atoms with Crippen LogP contribution in [0.1, 0.15) is 88.0 Å². The van der Waals surface area contributed by atoms with Crippen molar-refractivity contribution < 1.29 is 43.3 Å². The number of rotatable bonds is 14. The van der Waals surface area contributed by atoms with Crippen LogP contribution in [0.2, 0.25) is 0 Å². The highest BCUT2D eigenvalue weighted by Gasteiger charge is 2.46. The number of alkyl carbamates (subject to hydrolysis) is 1. The number of nitrogens with one attached hydrogen (secondary N) is 3. The van der Waals surface area contributed by atoms with E-state index in [1.165, 1.54) is 4.90 Å². The van der Waals surface area contributed by atoms with Gasteiger partial charge in [-0.15, -0.1) is 0 Å². The summed E-state index contributed by atoms with van der Waals surface area (Å²) in [6.07, 6.45) is 0.207. The van der Waals surface area contributed by atoms with E-state index in [0.717, 1.165) is 0 Å². The van der Waals surface area contributed by atoms with Crippen molar-refractivity contribution in [1.29, 1.82) is 0 Å². The molecule has 0 aliphatic carbocycles. The van der Waals surface area contributed by atoms with Gasteiger partial charge in [0.05, 0.1) is 24.4 Å². The topological polar surface area (TPSA) is 180 Å². The number of ketones is 1. The lowest BCUT2D eigenvalue weighted by molar-refractivity contribution is -0.144. The van der Waals surface area contributed by atoms with E-state index in [1.807, 2.05) is 46.9 Å². The zero-order valence-electron chi connectivity index (χ0n) is 26.5. The van der Waals surface area contributed by atoms with Gasteiger partial charge in [-0.2, -0.15) is 0 Å². The van der Waals surface area contributed by atoms with Crippen LogP contribution < -0.4 is 16.0 Å². The van der Waals surface area contributed by atoms with Crippen LogP contribution in [0.3, 0.4) is 0 Å². The molecule has 0 spiro atoms. The predicted octanol–water partition coefficient (Wildman–Crippen LogP) is 2.01. The van der Waals surface area contributed by atoms with Gasteiger partial charge in [0.2, 0.25) is 17.6 Å². The molecule has 1 rings (SSSR count). The first-order valence-corrected chi connectivity index (χ1v) is 14.5. The number of Topliss-reactive ketones (excluding diaryl/α,β-unsaturated/α-hetero) is 1. The van der Waals surface area contributed by atoms with Gasteiger partial charge in [-0.05, 0) is 38.5 Å². The molecule has 1 aliphatic rings. The number of carbonyl (C=O) groups excluding carboxylic acids is 5. The number of nitrogens with zero attached hydrogens (tertiary/aromatic N) is 1. The van der Waals surface area contributed by atoms with Gasteiger partial charge < -0.3 is 35.4 Å². The second kappa shape index (κ2) is 15.9. The standard InChI is InChI=1S/C29H50N4O9/c1-10-11-12-19(22(36)25(38)30-14-21(34)35)31-24(37)20-13-18(42-29(7,8)9)15-33(20)26(39)23(28(4,5)6)32-27(40)41-16-17(2)3/h17-20,23H,10-16H2,1-9H3,(H,30,38)(H,31,37)(H,32,40)(H,34,35)/t18-,19?,20+,23-/m1/s1. The SMILES string of the molecule is CCCCC(NC(=O)[C@@H]1C[C@@H](OC(C)(C)C)CN1C(=O)[C@@H](NC(=O)OCC(C)C)C(C)(C)C)C(=O)C(=O)NCC(=O)O. The van der Waals surface area contributed by atoms with Crippen molar-refractivity contribution in [3.8, 4) is 0 Å². The summed E-state index contributed by atoms with van der Waals surface area (Å²) >= 11 is 0. The van der Waals surface area contributed by atoms with Gasteiger partial charge in [0.15, 0.2) is 0 Å². The van der Waals surface area contributed by atoms with E-state index in [1.54, 1.807) is 20.8 Å². The molecule has 240 valence electrons. The van der Waals surface area contributed by atoms with Crippen LogP contribution in [0.25, 0.3) is 0 Å². The number of carboxylic acids is 1. The molecule has 0 aromatic carbocycles. The Morgan fingerprint density at radius 1 is 1.00 bits per heavy atom. The smallest absolute Gasteiger partial charge is 0.407 e. The first-order chi connectivity index (χ1) is 19.3. The number of hydrogen-bond donors (Lipinski definition) is 4. The monoisotopic (exact) mass is 598 g/mol. The second-order valence-corrected chi connectivity index (χ2v) is 13.2. The van der Waals surface area contributed by atoms with Gasteiger partial charge in [-0.3, -0.25) is 24.0 Å². The Kier molecular flexibility index (Phi) is 13.9. The summed E-state index contributed by atoms with van der Waals surface area (Å²) in [7, 11) is 0. The van der Waals surface area contributed by atoms with Crippen LogP contribution in [0.15, 0.2) is 0 Å². The summed E-state index contributed by atoms with van der Waals surface area (Å²) in [4.78, 5) is 77.5. The molecular weight excluding hydrogens is 548 g/mol. The van der Waals surface area contributed by atoms with Gasteiger partial charge in [0.25, 0.3) is 5.91 Å². The fraction of sp³-hybridized carbons (Fsp3) is 0.793. The van der Waals surface area contributed by atoms with Crippen LogP contribution in [0.4, 0.5) is 4.79 Å². The molecule has 0 saturated carbocycles. The van der Waals surface area contributed by atoms with Crippen LogP contribution in [-0.4, -0.2) is 95.1 Å². The number of amides is 4. The Hall–Kier alpha value is -3.22. The van der Waals surface area contributed by atoms with E-state index in [-0.39, 0.29) is 31.9 Å². The summed E-state index contributed by atoms with van der Waals surface area (Å²) < 4.78 is 11.3. The van der Waals surface area contributed by atoms with Crippen LogP contribution >= 0.6 is 0 Å². The van der Waals surface area contributed by atoms with Crippen LogP contribution in [0, 0.1) is 11.3 Å². The first kappa shape index (κ1) is 36.8. The molecule has 4 atom stereocenters. The molecule has 1 unspecified atom stereocenters. The minimum Gasteiger partial charge on any atom is -0.480 e. The highest BCUT2D eigenvalue weighted by Crippen LogP contribution is 2.29. The Morgan fingerprint density at radius 3 is 2.12 bits per heavy atom. The number of carboxylic acid groups (broad SMARTS) is 1. The summed E-state index contributed by atoms with van der Waals surface area (Å²) in [5.41, 5.74) is -1.32. The minimum atomic E-state index is -1.31. The summed E-state index contributed by atoms with van der Waals surface area (Å²) in [5.74, 6) is -4.48. The third-order valence-electron chi connectivity index (χ3n) is 6.39. The number of hydrogen-bond acceptors (Lipinski definition) is 8. The number of aliphatic carboxylic acids is 1. The van der Waals surface area contributed by atoms with Gasteiger partial charge in [0, 0.05) is 13.0 Å². The maximum Gasteiger partial charge on any atom is 0.407 e. The molecule has 4 N–H and O–H groups in total. The molecule has 0 aromatic heterocycles. The predicted molar refractivity (Wildman–Crippen MR) is 154 cm³/mol. The molecule has 0 aromatic rings. The maximum absolute atomic E-state index is 14.0. The Labute approximate surface area is 248 Å². The van der Waals surface area contributed by atoms with Gasteiger partial charge >= 0.3 is 12.1 Å². The molecule has 42 heavy (non-hydrogen) atoms. The molecule has 0 bridgehead atoms. The fourth-order valence-corrected chi connectivity index (χ4v) is 4.44. The molecule has 1 aliphatic heterocycles. The number of carbonyl (C=O) groups is 6. The Bertz CT molecular complexity index is 985. The van der Waals surface area contributed by atoms with Gasteiger partial charge in [-0.25, -0.2) is 4.79 Å². The van der Waals surface area contributed by atoms with E-state index in [0.29, 0.717) is 12.8 Å². The lowest BCUT2D eigenvalue weighted by Gasteiger charge is -2.35. The molecule has 1 fully saturated rings. The fourth-order valence-electron chi connectivity index (χ4n) is 4.44. The van der Waals surface area contributed by atoms with Crippen molar-refractivity contribution in [3.63, 3.8) is 0 Å². The molecule has 1 heterocycles.